The van der Waals surface area contributed by atoms with Crippen molar-refractivity contribution in [3.8, 4) is 0 Å². The highest BCUT2D eigenvalue weighted by Crippen LogP contribution is 2.27. The molecular weight excluding hydrogens is 264 g/mol. The third-order valence-corrected chi connectivity index (χ3v) is 3.25. The molecule has 0 saturated carbocycles. The monoisotopic (exact) mass is 286 g/mol. The van der Waals surface area contributed by atoms with Crippen LogP contribution in [0.15, 0.2) is 0 Å². The average Bonchev–Trinajstić information content (AvgIpc) is 2.64. The van der Waals surface area contributed by atoms with Crippen molar-refractivity contribution in [2.45, 2.75) is 33.2 Å². The highest BCUT2D eigenvalue weighted by Gasteiger charge is 2.19. The molecule has 1 rings (SSSR count). The van der Waals surface area contributed by atoms with Crippen LogP contribution in [0.3, 0.4) is 0 Å². The van der Waals surface area contributed by atoms with E-state index in [1.165, 1.54) is 11.3 Å². The fourth-order valence-corrected chi connectivity index (χ4v) is 2.29. The van der Waals surface area contributed by atoms with E-state index >= 15 is 0 Å². The Hall–Kier alpha value is -1.34. The molecule has 0 saturated heterocycles. The van der Waals surface area contributed by atoms with Gasteiger partial charge in [0.05, 0.1) is 0 Å². The molecule has 5 N–H and O–H groups in total. The Morgan fingerprint density at radius 1 is 1.53 bits per heavy atom. The number of amides is 1. The first-order valence-corrected chi connectivity index (χ1v) is 6.98. The summed E-state index contributed by atoms with van der Waals surface area (Å²) in [6.07, 6.45) is 0. The van der Waals surface area contributed by atoms with Crippen molar-refractivity contribution in [2.75, 3.05) is 24.2 Å². The average molecular weight is 286 g/mol. The fourth-order valence-electron chi connectivity index (χ4n) is 1.28. The molecule has 0 fully saturated rings. The summed E-state index contributed by atoms with van der Waals surface area (Å²) >= 11 is 1.23. The number of aliphatic hydroxyl groups is 1. The number of hydrogen-bond donors (Lipinski definition) is 4. The van der Waals surface area contributed by atoms with Crippen LogP contribution in [0, 0.1) is 5.92 Å². The van der Waals surface area contributed by atoms with Gasteiger partial charge >= 0.3 is 0 Å². The Morgan fingerprint density at radius 3 is 2.68 bits per heavy atom. The summed E-state index contributed by atoms with van der Waals surface area (Å²) in [5.41, 5.74) is 5.61. The van der Waals surface area contributed by atoms with E-state index in [9.17, 15) is 4.79 Å². The highest BCUT2D eigenvalue weighted by molar-refractivity contribution is 7.18. The topological polar surface area (TPSA) is 100 Å². The third kappa shape index (κ3) is 5.04. The van der Waals surface area contributed by atoms with Gasteiger partial charge in [-0.05, 0) is 26.7 Å². The summed E-state index contributed by atoms with van der Waals surface area (Å²) < 4.78 is 0. The first kappa shape index (κ1) is 15.7. The number of aliphatic hydroxyl groups excluding tert-OH is 1. The van der Waals surface area contributed by atoms with Crippen molar-refractivity contribution in [1.82, 2.24) is 10.3 Å². The largest absolute Gasteiger partial charge is 0.396 e. The summed E-state index contributed by atoms with van der Waals surface area (Å²) in [5.74, 6) is -0.00609. The number of nitrogens with two attached hydrogens (primary N) is 1. The maximum atomic E-state index is 11.9. The van der Waals surface area contributed by atoms with Gasteiger partial charge in [0.2, 0.25) is 0 Å². The minimum Gasteiger partial charge on any atom is -0.396 e. The van der Waals surface area contributed by atoms with E-state index in [0.29, 0.717) is 16.6 Å². The predicted molar refractivity (Wildman–Crippen MR) is 78.5 cm³/mol. The maximum absolute atomic E-state index is 11.9. The summed E-state index contributed by atoms with van der Waals surface area (Å²) in [6, 6.07) is 0. The predicted octanol–water partition coefficient (Wildman–Crippen LogP) is 1.29. The van der Waals surface area contributed by atoms with Gasteiger partial charge in [-0.1, -0.05) is 18.3 Å². The molecule has 1 atom stereocenters. The summed E-state index contributed by atoms with van der Waals surface area (Å²) in [4.78, 5) is 16.5. The van der Waals surface area contributed by atoms with Crippen LogP contribution in [-0.4, -0.2) is 34.7 Å². The van der Waals surface area contributed by atoms with Gasteiger partial charge in [-0.15, -0.1) is 0 Å². The van der Waals surface area contributed by atoms with Gasteiger partial charge in [0.25, 0.3) is 5.91 Å². The molecule has 1 heterocycles. The second-order valence-corrected chi connectivity index (χ2v) is 6.61. The van der Waals surface area contributed by atoms with Crippen molar-refractivity contribution in [1.29, 1.82) is 0 Å². The number of anilines is 2. The molecule has 0 bridgehead atoms. The Morgan fingerprint density at radius 2 is 2.16 bits per heavy atom. The zero-order valence-corrected chi connectivity index (χ0v) is 12.6. The molecule has 1 unspecified atom stereocenters. The van der Waals surface area contributed by atoms with E-state index in [4.69, 9.17) is 10.8 Å². The highest BCUT2D eigenvalue weighted by atomic mass is 32.1. The van der Waals surface area contributed by atoms with Crippen LogP contribution in [0.2, 0.25) is 0 Å². The Labute approximate surface area is 117 Å². The standard InChI is InChI=1S/C12H22N4O2S/c1-7(6-17)5-14-10(18)8-9(13)15-11(19-8)16-12(2,3)4/h7,17H,5-6,13H2,1-4H3,(H,14,18)(H,15,16). The first-order chi connectivity index (χ1) is 8.73. The number of rotatable bonds is 5. The van der Waals surface area contributed by atoms with E-state index in [2.05, 4.69) is 15.6 Å². The molecule has 0 aliphatic heterocycles. The number of carbonyl (C=O) groups is 1. The summed E-state index contributed by atoms with van der Waals surface area (Å²) in [5, 5.41) is 15.4. The van der Waals surface area contributed by atoms with E-state index in [0.717, 1.165) is 0 Å². The minimum atomic E-state index is -0.253. The van der Waals surface area contributed by atoms with Crippen molar-refractivity contribution < 1.29 is 9.90 Å². The van der Waals surface area contributed by atoms with Gasteiger partial charge in [-0.25, -0.2) is 4.98 Å². The van der Waals surface area contributed by atoms with E-state index in [1.807, 2.05) is 27.7 Å². The molecule has 1 aromatic heterocycles. The number of aromatic nitrogens is 1. The number of nitrogens with one attached hydrogen (secondary N) is 2. The first-order valence-electron chi connectivity index (χ1n) is 6.16. The van der Waals surface area contributed by atoms with E-state index < -0.39 is 0 Å². The quantitative estimate of drug-likeness (QED) is 0.653. The van der Waals surface area contributed by atoms with Crippen LogP contribution in [-0.2, 0) is 0 Å². The molecule has 1 aromatic rings. The normalized spacial score (nSPS) is 13.1. The second kappa shape index (κ2) is 6.21. The number of thiazole rings is 1. The lowest BCUT2D eigenvalue weighted by molar-refractivity contribution is 0.0947. The molecule has 0 spiro atoms. The Balaban J connectivity index is 2.70. The second-order valence-electron chi connectivity index (χ2n) is 5.61. The van der Waals surface area contributed by atoms with Gasteiger partial charge in [0, 0.05) is 18.7 Å². The van der Waals surface area contributed by atoms with Crippen LogP contribution in [0.4, 0.5) is 10.9 Å². The maximum Gasteiger partial charge on any atom is 0.265 e. The number of carbonyl (C=O) groups excluding carboxylic acids is 1. The van der Waals surface area contributed by atoms with Gasteiger partial charge in [-0.2, -0.15) is 0 Å². The lowest BCUT2D eigenvalue weighted by atomic mass is 10.1. The zero-order valence-electron chi connectivity index (χ0n) is 11.8. The number of nitrogen functional groups attached to an aromatic ring is 1. The van der Waals surface area contributed by atoms with Gasteiger partial charge in [-0.3, -0.25) is 4.79 Å². The molecule has 0 aromatic carbocycles. The Kier molecular flexibility index (Phi) is 5.13. The van der Waals surface area contributed by atoms with E-state index in [1.54, 1.807) is 0 Å². The van der Waals surface area contributed by atoms with Crippen molar-refractivity contribution >= 4 is 28.2 Å². The smallest absolute Gasteiger partial charge is 0.265 e. The van der Waals surface area contributed by atoms with Gasteiger partial charge in [0.15, 0.2) is 5.13 Å². The zero-order chi connectivity index (χ0) is 14.6. The van der Waals surface area contributed by atoms with Crippen molar-refractivity contribution in [2.24, 2.45) is 5.92 Å². The fraction of sp³-hybridized carbons (Fsp3) is 0.667. The molecule has 0 aliphatic rings. The summed E-state index contributed by atoms with van der Waals surface area (Å²) in [6.45, 7) is 8.32. The molecular formula is C12H22N4O2S. The molecule has 19 heavy (non-hydrogen) atoms. The SMILES string of the molecule is CC(CO)CNC(=O)c1sc(NC(C)(C)C)nc1N. The lowest BCUT2D eigenvalue weighted by Crippen LogP contribution is -2.29. The molecule has 1 amide bonds. The van der Waals surface area contributed by atoms with Crippen molar-refractivity contribution in [3.63, 3.8) is 0 Å². The minimum absolute atomic E-state index is 0.0188. The number of nitrogens with zero attached hydrogens (tertiary/aromatic N) is 1. The summed E-state index contributed by atoms with van der Waals surface area (Å²) in [7, 11) is 0. The lowest BCUT2D eigenvalue weighted by Gasteiger charge is -2.19. The van der Waals surface area contributed by atoms with Gasteiger partial charge < -0.3 is 21.5 Å². The third-order valence-electron chi connectivity index (χ3n) is 2.26. The van der Waals surface area contributed by atoms with E-state index in [-0.39, 0.29) is 29.8 Å². The molecule has 6 nitrogen and oxygen atoms in total. The van der Waals surface area contributed by atoms with Crippen LogP contribution < -0.4 is 16.4 Å². The van der Waals surface area contributed by atoms with Crippen LogP contribution in [0.25, 0.3) is 0 Å². The Bertz CT molecular complexity index is 439. The molecule has 108 valence electrons. The molecule has 0 aliphatic carbocycles. The van der Waals surface area contributed by atoms with Crippen LogP contribution in [0.1, 0.15) is 37.4 Å². The van der Waals surface area contributed by atoms with Gasteiger partial charge in [0.1, 0.15) is 10.7 Å². The molecule has 0 radical (unpaired) electrons. The van der Waals surface area contributed by atoms with Crippen LogP contribution in [0.5, 0.6) is 0 Å². The van der Waals surface area contributed by atoms with Crippen LogP contribution >= 0.6 is 11.3 Å². The number of hydrogen-bond acceptors (Lipinski definition) is 6. The van der Waals surface area contributed by atoms with Crippen molar-refractivity contribution in [3.05, 3.63) is 4.88 Å². The molecule has 7 heteroatoms.